The third-order valence-corrected chi connectivity index (χ3v) is 6.38. The molecule has 0 fully saturated rings. The van der Waals surface area contributed by atoms with Crippen LogP contribution < -0.4 is 5.32 Å². The minimum atomic E-state index is -1.41. The van der Waals surface area contributed by atoms with Crippen LogP contribution in [-0.2, 0) is 20.4 Å². The number of hydrogen-bond donors (Lipinski definition) is 2. The van der Waals surface area contributed by atoms with Gasteiger partial charge in [0.15, 0.2) is 0 Å². The van der Waals surface area contributed by atoms with E-state index < -0.39 is 19.6 Å². The number of carbonyl (C=O) groups excluding carboxylic acids is 1. The second-order valence-electron chi connectivity index (χ2n) is 7.27. The molecule has 0 bridgehead atoms. The molecule has 1 amide bonds. The SMILES string of the molecule is [2H]CCCC(=O)NCc1ccc([N+](=O)[O-])c(C(C)OP(OC)N(C(C)C)C(C)C)c1.[3H]OC. The minimum absolute atomic E-state index is 0.0292. The predicted molar refractivity (Wildman–Crippen MR) is 124 cm³/mol. The average molecular weight is 463 g/mol. The van der Waals surface area contributed by atoms with Crippen molar-refractivity contribution in [2.75, 3.05) is 14.2 Å². The Bertz CT molecular complexity index is 719. The molecule has 31 heavy (non-hydrogen) atoms. The maximum atomic E-state index is 11.8. The van der Waals surface area contributed by atoms with Crippen LogP contribution in [0.2, 0.25) is 0 Å². The Hall–Kier alpha value is -1.64. The molecule has 0 aromatic heterocycles. The number of nitro benzene ring substituents is 1. The van der Waals surface area contributed by atoms with E-state index in [0.717, 1.165) is 5.56 Å². The Morgan fingerprint density at radius 3 is 2.48 bits per heavy atom. The molecule has 0 radical (unpaired) electrons. The van der Waals surface area contributed by atoms with E-state index in [9.17, 15) is 14.9 Å². The maximum absolute atomic E-state index is 11.8. The van der Waals surface area contributed by atoms with E-state index >= 15 is 0 Å². The molecule has 1 rings (SSSR count). The first kappa shape index (κ1) is 25.6. The number of benzene rings is 1. The summed E-state index contributed by atoms with van der Waals surface area (Å²) in [5.74, 6) is -0.140. The van der Waals surface area contributed by atoms with E-state index in [4.69, 9.17) is 11.8 Å². The first-order valence-corrected chi connectivity index (χ1v) is 11.3. The molecule has 0 heterocycles. The van der Waals surface area contributed by atoms with Crippen LogP contribution >= 0.6 is 8.53 Å². The predicted octanol–water partition coefficient (Wildman–Crippen LogP) is 4.69. The molecular formula is C21H38N3O6P. The monoisotopic (exact) mass is 462 g/mol. The van der Waals surface area contributed by atoms with Crippen molar-refractivity contribution in [1.29, 1.82) is 1.43 Å². The molecule has 0 spiro atoms. The lowest BCUT2D eigenvalue weighted by Crippen LogP contribution is -2.33. The van der Waals surface area contributed by atoms with Crippen LogP contribution in [0.15, 0.2) is 18.2 Å². The van der Waals surface area contributed by atoms with Crippen LogP contribution in [0.4, 0.5) is 5.69 Å². The van der Waals surface area contributed by atoms with Crippen LogP contribution in [0.3, 0.4) is 0 Å². The van der Waals surface area contributed by atoms with Crippen LogP contribution in [0, 0.1) is 10.1 Å². The van der Waals surface area contributed by atoms with Gasteiger partial charge in [-0.05, 0) is 52.7 Å². The third-order valence-electron chi connectivity index (χ3n) is 4.27. The van der Waals surface area contributed by atoms with Gasteiger partial charge in [-0.15, -0.1) is 0 Å². The van der Waals surface area contributed by atoms with E-state index in [1.807, 2.05) is 0 Å². The number of hydrogen-bond acceptors (Lipinski definition) is 7. The molecule has 178 valence electrons. The lowest BCUT2D eigenvalue weighted by atomic mass is 10.0. The molecule has 0 aliphatic heterocycles. The zero-order chi connectivity index (χ0) is 25.6. The summed E-state index contributed by atoms with van der Waals surface area (Å²) < 4.78 is 26.7. The van der Waals surface area contributed by atoms with Crippen molar-refractivity contribution in [2.24, 2.45) is 0 Å². The summed E-state index contributed by atoms with van der Waals surface area (Å²) in [4.78, 5) is 22.9. The topological polar surface area (TPSA) is 114 Å². The molecule has 0 saturated carbocycles. The summed E-state index contributed by atoms with van der Waals surface area (Å²) in [6.07, 6.45) is 0.224. The number of rotatable bonds is 12. The van der Waals surface area contributed by atoms with E-state index in [-0.39, 0.29) is 37.1 Å². The van der Waals surface area contributed by atoms with Crippen LogP contribution in [0.1, 0.15) is 73.0 Å². The summed E-state index contributed by atoms with van der Waals surface area (Å²) in [6, 6.07) is 5.14. The van der Waals surface area contributed by atoms with Gasteiger partial charge in [-0.3, -0.25) is 14.9 Å². The third kappa shape index (κ3) is 9.58. The molecule has 10 heteroatoms. The van der Waals surface area contributed by atoms with Gasteiger partial charge in [0.25, 0.3) is 14.2 Å². The van der Waals surface area contributed by atoms with Gasteiger partial charge in [0, 0.05) is 46.7 Å². The molecule has 2 N–H and O–H groups in total. The molecule has 9 nitrogen and oxygen atoms in total. The van der Waals surface area contributed by atoms with E-state index in [1.165, 1.54) is 13.2 Å². The second-order valence-corrected chi connectivity index (χ2v) is 8.78. The van der Waals surface area contributed by atoms with Gasteiger partial charge in [-0.25, -0.2) is 4.67 Å². The Morgan fingerprint density at radius 2 is 2.00 bits per heavy atom. The fourth-order valence-corrected chi connectivity index (χ4v) is 4.53. The van der Waals surface area contributed by atoms with Gasteiger partial charge < -0.3 is 19.5 Å². The van der Waals surface area contributed by atoms with Crippen LogP contribution in [0.5, 0.6) is 0 Å². The van der Waals surface area contributed by atoms with Crippen molar-refractivity contribution in [3.8, 4) is 0 Å². The highest BCUT2D eigenvalue weighted by atomic mass is 31.2. The van der Waals surface area contributed by atoms with Gasteiger partial charge in [-0.1, -0.05) is 13.0 Å². The zero-order valence-electron chi connectivity index (χ0n) is 21.6. The second kappa shape index (κ2) is 15.2. The molecule has 2 unspecified atom stereocenters. The van der Waals surface area contributed by atoms with Crippen molar-refractivity contribution < 1.29 is 25.2 Å². The number of amides is 1. The first-order valence-electron chi connectivity index (χ1n) is 11.3. The molecule has 1 aromatic carbocycles. The lowest BCUT2D eigenvalue weighted by molar-refractivity contribution is -0.386. The van der Waals surface area contributed by atoms with Crippen molar-refractivity contribution in [3.63, 3.8) is 0 Å². The maximum Gasteiger partial charge on any atom is 0.275 e. The quantitative estimate of drug-likeness (QED) is 0.263. The summed E-state index contributed by atoms with van der Waals surface area (Å²) in [7, 11) is 1.46. The number of carbonyl (C=O) groups is 1. The summed E-state index contributed by atoms with van der Waals surface area (Å²) in [6.45, 7) is 10.4. The minimum Gasteiger partial charge on any atom is -0.400 e. The highest BCUT2D eigenvalue weighted by molar-refractivity contribution is 7.44. The fourth-order valence-electron chi connectivity index (χ4n) is 3.01. The van der Waals surface area contributed by atoms with Gasteiger partial charge in [-0.2, -0.15) is 0 Å². The number of aliphatic hydroxyl groups is 1. The van der Waals surface area contributed by atoms with E-state index in [0.29, 0.717) is 18.4 Å². The molecule has 0 saturated heterocycles. The fraction of sp³-hybridized carbons (Fsp3) is 0.667. The highest BCUT2D eigenvalue weighted by Gasteiger charge is 2.30. The molecular weight excluding hydrogens is 421 g/mol. The Morgan fingerprint density at radius 1 is 1.39 bits per heavy atom. The largest absolute Gasteiger partial charge is 0.400 e. The van der Waals surface area contributed by atoms with Crippen LogP contribution in [-0.4, -0.2) is 48.3 Å². The van der Waals surface area contributed by atoms with Crippen molar-refractivity contribution in [2.45, 2.75) is 79.1 Å². The zero-order valence-corrected chi connectivity index (χ0v) is 20.5. The van der Waals surface area contributed by atoms with Gasteiger partial charge >= 0.3 is 0 Å². The van der Waals surface area contributed by atoms with Gasteiger partial charge in [0.2, 0.25) is 7.34 Å². The smallest absolute Gasteiger partial charge is 0.275 e. The molecule has 0 aliphatic rings. The Balaban J connectivity index is 0.00000322. The summed E-state index contributed by atoms with van der Waals surface area (Å²) >= 11 is 0. The average Bonchev–Trinajstić information content (AvgIpc) is 2.75. The lowest BCUT2D eigenvalue weighted by Gasteiger charge is -2.36. The standard InChI is InChI=1S/C20H34N3O5P.CH4O/c1-8-9-20(24)21-13-17-10-11-19(23(25)26)18(12-17)16(6)28-29(27-7)22(14(2)3)15(4)5;1-2/h10-12,14-16H,8-9,13H2,1-7H3,(H,21,24);2H,1H3/i1D;2T. The van der Waals surface area contributed by atoms with Gasteiger partial charge in [0.1, 0.15) is 0 Å². The van der Waals surface area contributed by atoms with Crippen LogP contribution in [0.25, 0.3) is 0 Å². The van der Waals surface area contributed by atoms with Crippen molar-refractivity contribution >= 4 is 20.1 Å². The van der Waals surface area contributed by atoms with Gasteiger partial charge in [0.05, 0.1) is 16.6 Å². The molecule has 2 atom stereocenters. The Kier molecular flexibility index (Phi) is 12.6. The molecule has 1 aromatic rings. The number of nitrogens with zero attached hydrogens (tertiary/aromatic N) is 2. The van der Waals surface area contributed by atoms with E-state index in [2.05, 4.69) is 42.8 Å². The number of nitro groups is 1. The van der Waals surface area contributed by atoms with E-state index in [1.54, 1.807) is 26.2 Å². The number of nitrogens with one attached hydrogen (secondary N) is 1. The normalized spacial score (nSPS) is 13.9. The summed E-state index contributed by atoms with van der Waals surface area (Å²) in [5, 5.41) is 17.8. The first-order chi connectivity index (χ1) is 15.5. The van der Waals surface area contributed by atoms with Crippen molar-refractivity contribution in [3.05, 3.63) is 39.4 Å². The van der Waals surface area contributed by atoms with Crippen molar-refractivity contribution in [1.82, 2.24) is 9.99 Å². The highest BCUT2D eigenvalue weighted by Crippen LogP contribution is 2.49. The molecule has 0 aliphatic carbocycles. The Labute approximate surface area is 190 Å². The summed E-state index contributed by atoms with van der Waals surface area (Å²) in [5.41, 5.74) is 1.16. The number of aliphatic hydroxyl groups excluding tert-OH is 1.